The summed E-state index contributed by atoms with van der Waals surface area (Å²) >= 11 is 0. The highest BCUT2D eigenvalue weighted by Crippen LogP contribution is 2.20. The Morgan fingerprint density at radius 3 is 2.24 bits per heavy atom. The van der Waals surface area contributed by atoms with E-state index in [2.05, 4.69) is 5.32 Å². The number of carbonyl (C=O) groups is 1. The number of benzene rings is 1. The van der Waals surface area contributed by atoms with Gasteiger partial charge in [-0.3, -0.25) is 4.79 Å². The van der Waals surface area contributed by atoms with Gasteiger partial charge in [0.05, 0.1) is 18.1 Å². The predicted molar refractivity (Wildman–Crippen MR) is 110 cm³/mol. The van der Waals surface area contributed by atoms with Gasteiger partial charge in [-0.2, -0.15) is 8.87 Å². The molecule has 0 radical (unpaired) electrons. The molecule has 1 aromatic heterocycles. The molecule has 1 aliphatic heterocycles. The first-order valence-electron chi connectivity index (χ1n) is 9.46. The van der Waals surface area contributed by atoms with Crippen LogP contribution in [-0.4, -0.2) is 59.0 Å². The highest BCUT2D eigenvalue weighted by atomic mass is 32.2. The Kier molecular flexibility index (Phi) is 6.51. The molecule has 0 bridgehead atoms. The third-order valence-corrected chi connectivity index (χ3v) is 6.82. The molecule has 9 heteroatoms. The first kappa shape index (κ1) is 21.2. The SMILES string of the molecule is C[C@@H](C(=O)Nc1ccc(S(=O)(=O)N2CCOCC2)cc1)[n+]1ccc(N(C)C)cc1. The minimum absolute atomic E-state index is 0.184. The van der Waals surface area contributed by atoms with Crippen molar-refractivity contribution >= 4 is 27.3 Å². The summed E-state index contributed by atoms with van der Waals surface area (Å²) in [5.41, 5.74) is 1.60. The number of carbonyl (C=O) groups excluding carboxylic acids is 1. The Morgan fingerprint density at radius 2 is 1.69 bits per heavy atom. The fraction of sp³-hybridized carbons (Fsp3) is 0.400. The Bertz CT molecular complexity index is 937. The van der Waals surface area contributed by atoms with Gasteiger partial charge in [-0.05, 0) is 24.3 Å². The van der Waals surface area contributed by atoms with Crippen LogP contribution in [0.3, 0.4) is 0 Å². The molecule has 1 saturated heterocycles. The summed E-state index contributed by atoms with van der Waals surface area (Å²) < 4.78 is 33.8. The second-order valence-corrected chi connectivity index (χ2v) is 9.04. The summed E-state index contributed by atoms with van der Waals surface area (Å²) in [4.78, 5) is 14.8. The van der Waals surface area contributed by atoms with Gasteiger partial charge in [0.15, 0.2) is 12.4 Å². The van der Waals surface area contributed by atoms with E-state index < -0.39 is 16.1 Å². The maximum Gasteiger partial charge on any atom is 0.293 e. The smallest absolute Gasteiger partial charge is 0.293 e. The third-order valence-electron chi connectivity index (χ3n) is 4.91. The summed E-state index contributed by atoms with van der Waals surface area (Å²) in [5.74, 6) is -0.184. The van der Waals surface area contributed by atoms with Crippen molar-refractivity contribution in [2.24, 2.45) is 0 Å². The lowest BCUT2D eigenvalue weighted by Crippen LogP contribution is -2.44. The minimum atomic E-state index is -3.55. The van der Waals surface area contributed by atoms with Gasteiger partial charge < -0.3 is 15.0 Å². The molecule has 1 N–H and O–H groups in total. The van der Waals surface area contributed by atoms with Crippen LogP contribution >= 0.6 is 0 Å². The van der Waals surface area contributed by atoms with Gasteiger partial charge in [0.2, 0.25) is 16.1 Å². The van der Waals surface area contributed by atoms with Gasteiger partial charge in [-0.1, -0.05) is 0 Å². The predicted octanol–water partition coefficient (Wildman–Crippen LogP) is 1.26. The zero-order valence-corrected chi connectivity index (χ0v) is 17.7. The van der Waals surface area contributed by atoms with Gasteiger partial charge in [-0.15, -0.1) is 0 Å². The molecule has 1 fully saturated rings. The lowest BCUT2D eigenvalue weighted by Gasteiger charge is -2.26. The molecular weight excluding hydrogens is 392 g/mol. The molecule has 3 rings (SSSR count). The molecule has 1 aliphatic rings. The quantitative estimate of drug-likeness (QED) is 0.713. The van der Waals surface area contributed by atoms with E-state index >= 15 is 0 Å². The number of anilines is 2. The highest BCUT2D eigenvalue weighted by molar-refractivity contribution is 7.89. The molecule has 8 nitrogen and oxygen atoms in total. The molecule has 1 amide bonds. The van der Waals surface area contributed by atoms with Gasteiger partial charge in [0.25, 0.3) is 5.91 Å². The fourth-order valence-corrected chi connectivity index (χ4v) is 4.42. The van der Waals surface area contributed by atoms with Crippen molar-refractivity contribution in [2.75, 3.05) is 50.6 Å². The van der Waals surface area contributed by atoms with Crippen LogP contribution in [-0.2, 0) is 19.6 Å². The van der Waals surface area contributed by atoms with E-state index in [0.717, 1.165) is 5.69 Å². The number of morpholine rings is 1. The maximum atomic E-state index is 12.7. The van der Waals surface area contributed by atoms with Gasteiger partial charge in [0, 0.05) is 57.6 Å². The van der Waals surface area contributed by atoms with E-state index in [1.54, 1.807) is 12.1 Å². The topological polar surface area (TPSA) is 82.8 Å². The van der Waals surface area contributed by atoms with Crippen LogP contribution in [0.4, 0.5) is 11.4 Å². The molecule has 1 aromatic carbocycles. The molecule has 0 aliphatic carbocycles. The van der Waals surface area contributed by atoms with Crippen LogP contribution in [0.25, 0.3) is 0 Å². The minimum Gasteiger partial charge on any atom is -0.379 e. The largest absolute Gasteiger partial charge is 0.379 e. The van der Waals surface area contributed by atoms with E-state index in [-0.39, 0.29) is 10.8 Å². The van der Waals surface area contributed by atoms with Crippen molar-refractivity contribution in [1.29, 1.82) is 0 Å². The van der Waals surface area contributed by atoms with Crippen molar-refractivity contribution < 1.29 is 22.5 Å². The van der Waals surface area contributed by atoms with Crippen LogP contribution in [0.15, 0.2) is 53.7 Å². The summed E-state index contributed by atoms with van der Waals surface area (Å²) in [7, 11) is 0.369. The average molecular weight is 420 g/mol. The number of hydrogen-bond donors (Lipinski definition) is 1. The highest BCUT2D eigenvalue weighted by Gasteiger charge is 2.26. The van der Waals surface area contributed by atoms with E-state index in [0.29, 0.717) is 32.0 Å². The Labute approximate surface area is 171 Å². The van der Waals surface area contributed by atoms with Crippen molar-refractivity contribution in [2.45, 2.75) is 17.9 Å². The molecule has 1 atom stereocenters. The molecular formula is C20H27N4O4S+. The normalized spacial score (nSPS) is 16.2. The molecule has 29 heavy (non-hydrogen) atoms. The van der Waals surface area contributed by atoms with Gasteiger partial charge in [-0.25, -0.2) is 8.42 Å². The zero-order valence-electron chi connectivity index (χ0n) is 16.9. The second kappa shape index (κ2) is 8.89. The Balaban J connectivity index is 1.66. The Hall–Kier alpha value is -2.49. The number of amides is 1. The molecule has 0 unspecified atom stereocenters. The molecule has 2 heterocycles. The molecule has 2 aromatic rings. The second-order valence-electron chi connectivity index (χ2n) is 7.10. The van der Waals surface area contributed by atoms with Crippen LogP contribution in [0.1, 0.15) is 13.0 Å². The number of nitrogens with one attached hydrogen (secondary N) is 1. The summed E-state index contributed by atoms with van der Waals surface area (Å²) in [6.45, 7) is 3.31. The fourth-order valence-electron chi connectivity index (χ4n) is 3.01. The standard InChI is InChI=1S/C20H26N4O4S/c1-16(23-10-8-18(9-11-23)22(2)3)20(25)21-17-4-6-19(7-5-17)29(26,27)24-12-14-28-15-13-24/h4-11,16H,12-15H2,1-3H3/p+1/t16-/m0/s1. The summed E-state index contributed by atoms with van der Waals surface area (Å²) in [5, 5.41) is 2.84. The number of ether oxygens (including phenoxy) is 1. The Morgan fingerprint density at radius 1 is 1.10 bits per heavy atom. The third kappa shape index (κ3) is 4.92. The number of hydrogen-bond acceptors (Lipinski definition) is 5. The number of sulfonamides is 1. The van der Waals surface area contributed by atoms with Crippen molar-refractivity contribution in [1.82, 2.24) is 4.31 Å². The summed E-state index contributed by atoms with van der Waals surface area (Å²) in [6.07, 6.45) is 3.72. The van der Waals surface area contributed by atoms with Gasteiger partial charge >= 0.3 is 0 Å². The molecule has 0 saturated carbocycles. The monoisotopic (exact) mass is 419 g/mol. The summed E-state index contributed by atoms with van der Waals surface area (Å²) in [6, 6.07) is 9.72. The van der Waals surface area contributed by atoms with Crippen LogP contribution in [0, 0.1) is 0 Å². The van der Waals surface area contributed by atoms with Crippen LogP contribution < -0.4 is 14.8 Å². The average Bonchev–Trinajstić information content (AvgIpc) is 2.74. The first-order chi connectivity index (χ1) is 13.8. The lowest BCUT2D eigenvalue weighted by molar-refractivity contribution is -0.705. The number of aromatic nitrogens is 1. The van der Waals surface area contributed by atoms with Crippen LogP contribution in [0.5, 0.6) is 0 Å². The van der Waals surface area contributed by atoms with E-state index in [4.69, 9.17) is 4.74 Å². The molecule has 0 spiro atoms. The van der Waals surface area contributed by atoms with E-state index in [9.17, 15) is 13.2 Å². The van der Waals surface area contributed by atoms with Crippen molar-refractivity contribution in [3.63, 3.8) is 0 Å². The van der Waals surface area contributed by atoms with Gasteiger partial charge in [0.1, 0.15) is 0 Å². The maximum absolute atomic E-state index is 12.7. The number of rotatable bonds is 6. The van der Waals surface area contributed by atoms with E-state index in [1.165, 1.54) is 16.4 Å². The van der Waals surface area contributed by atoms with Crippen molar-refractivity contribution in [3.05, 3.63) is 48.8 Å². The zero-order chi connectivity index (χ0) is 21.0. The lowest BCUT2D eigenvalue weighted by atomic mass is 10.2. The number of nitrogens with zero attached hydrogens (tertiary/aromatic N) is 3. The van der Waals surface area contributed by atoms with E-state index in [1.807, 2.05) is 55.0 Å². The first-order valence-corrected chi connectivity index (χ1v) is 10.9. The number of pyridine rings is 1. The van der Waals surface area contributed by atoms with Crippen LogP contribution in [0.2, 0.25) is 0 Å². The molecule has 156 valence electrons. The van der Waals surface area contributed by atoms with Crippen molar-refractivity contribution in [3.8, 4) is 0 Å².